The zero-order valence-electron chi connectivity index (χ0n) is 7.05. The Bertz CT molecular complexity index is 144. The number of nitrogens with one attached hydrogen (secondary N) is 1. The zero-order chi connectivity index (χ0) is 7.98. The molecular weight excluding hydrogens is 126 g/mol. The van der Waals surface area contributed by atoms with E-state index in [9.17, 15) is 0 Å². The predicted octanol–water partition coefficient (Wildman–Crippen LogP) is 1.95. The highest BCUT2D eigenvalue weighted by molar-refractivity contribution is 4.96. The first-order valence-electron chi connectivity index (χ1n) is 3.66. The average Bonchev–Trinajstić information content (AvgIpc) is 2.42. The number of aromatic nitrogens is 3. The number of H-pyrrole nitrogens is 1. The molecule has 1 rings (SSSR count). The van der Waals surface area contributed by atoms with Crippen molar-refractivity contribution >= 4 is 0 Å². The van der Waals surface area contributed by atoms with E-state index in [2.05, 4.69) is 29.3 Å². The molecule has 3 heteroatoms. The Morgan fingerprint density at radius 3 is 2.20 bits per heavy atom. The summed E-state index contributed by atoms with van der Waals surface area (Å²) in [5.74, 6) is 0.480. The van der Waals surface area contributed by atoms with Gasteiger partial charge in [-0.05, 0) is 5.92 Å². The summed E-state index contributed by atoms with van der Waals surface area (Å²) in [6, 6.07) is 0. The van der Waals surface area contributed by atoms with Crippen LogP contribution >= 0.6 is 0 Å². The molecule has 0 aliphatic carbocycles. The molecule has 0 spiro atoms. The third kappa shape index (κ3) is 2.62. The molecule has 1 aromatic rings. The fourth-order valence-corrected chi connectivity index (χ4v) is 0.489. The Morgan fingerprint density at radius 2 is 2.00 bits per heavy atom. The summed E-state index contributed by atoms with van der Waals surface area (Å²) in [6.45, 7) is 8.16. The van der Waals surface area contributed by atoms with Gasteiger partial charge in [-0.3, -0.25) is 0 Å². The van der Waals surface area contributed by atoms with Gasteiger partial charge in [0.1, 0.15) is 0 Å². The molecule has 0 saturated heterocycles. The van der Waals surface area contributed by atoms with Crippen LogP contribution in [0.5, 0.6) is 0 Å². The average molecular weight is 141 g/mol. The normalized spacial score (nSPS) is 8.90. The molecule has 1 heterocycles. The van der Waals surface area contributed by atoms with Crippen LogP contribution in [-0.4, -0.2) is 15.4 Å². The molecule has 58 valence electrons. The maximum atomic E-state index is 3.88. The van der Waals surface area contributed by atoms with Crippen LogP contribution < -0.4 is 0 Å². The Balaban J connectivity index is 0.000000371. The van der Waals surface area contributed by atoms with E-state index in [1.165, 1.54) is 0 Å². The Morgan fingerprint density at radius 1 is 1.40 bits per heavy atom. The van der Waals surface area contributed by atoms with E-state index in [0.717, 1.165) is 5.69 Å². The topological polar surface area (TPSA) is 41.6 Å². The summed E-state index contributed by atoms with van der Waals surface area (Å²) in [5, 5.41) is 10.1. The molecule has 0 amide bonds. The van der Waals surface area contributed by atoms with Crippen molar-refractivity contribution in [3.63, 3.8) is 0 Å². The molecule has 0 aliphatic rings. The second kappa shape index (κ2) is 4.97. The van der Waals surface area contributed by atoms with Crippen LogP contribution in [0.15, 0.2) is 6.20 Å². The lowest BCUT2D eigenvalue weighted by Gasteiger charge is -1.92. The van der Waals surface area contributed by atoms with E-state index in [-0.39, 0.29) is 0 Å². The van der Waals surface area contributed by atoms with E-state index in [1.54, 1.807) is 6.20 Å². The third-order valence-electron chi connectivity index (χ3n) is 1.03. The summed E-state index contributed by atoms with van der Waals surface area (Å²) in [4.78, 5) is 0. The minimum absolute atomic E-state index is 0.480. The summed E-state index contributed by atoms with van der Waals surface area (Å²) in [5.41, 5.74) is 1.02. The van der Waals surface area contributed by atoms with Gasteiger partial charge in [0.2, 0.25) is 0 Å². The molecule has 0 aromatic carbocycles. The van der Waals surface area contributed by atoms with E-state index < -0.39 is 0 Å². The van der Waals surface area contributed by atoms with Crippen molar-refractivity contribution in [1.29, 1.82) is 0 Å². The first-order valence-corrected chi connectivity index (χ1v) is 3.66. The molecular formula is C7H15N3. The van der Waals surface area contributed by atoms with E-state index in [4.69, 9.17) is 0 Å². The van der Waals surface area contributed by atoms with Gasteiger partial charge in [-0.25, -0.2) is 0 Å². The van der Waals surface area contributed by atoms with Crippen LogP contribution in [0.4, 0.5) is 0 Å². The van der Waals surface area contributed by atoms with Crippen molar-refractivity contribution in [1.82, 2.24) is 15.4 Å². The minimum Gasteiger partial charge on any atom is -0.198 e. The van der Waals surface area contributed by atoms with Crippen LogP contribution in [0.1, 0.15) is 39.3 Å². The number of aromatic amines is 1. The minimum atomic E-state index is 0.480. The van der Waals surface area contributed by atoms with Crippen LogP contribution in [0.25, 0.3) is 0 Å². The predicted molar refractivity (Wildman–Crippen MR) is 41.8 cm³/mol. The van der Waals surface area contributed by atoms with Crippen molar-refractivity contribution in [2.24, 2.45) is 0 Å². The van der Waals surface area contributed by atoms with Gasteiger partial charge in [-0.1, -0.05) is 27.7 Å². The Kier molecular flexibility index (Phi) is 4.54. The zero-order valence-corrected chi connectivity index (χ0v) is 7.05. The molecule has 3 nitrogen and oxygen atoms in total. The summed E-state index contributed by atoms with van der Waals surface area (Å²) in [7, 11) is 0. The highest BCUT2D eigenvalue weighted by atomic mass is 15.3. The quantitative estimate of drug-likeness (QED) is 0.649. The van der Waals surface area contributed by atoms with Crippen LogP contribution in [0.2, 0.25) is 0 Å². The standard InChI is InChI=1S/C5H9N3.C2H6/c1-4(2)5-3-6-8-7-5;1-2/h3-4H,1-2H3,(H,6,7,8);1-2H3. The first kappa shape index (κ1) is 9.14. The van der Waals surface area contributed by atoms with Gasteiger partial charge >= 0.3 is 0 Å². The van der Waals surface area contributed by atoms with Crippen molar-refractivity contribution in [2.75, 3.05) is 0 Å². The molecule has 0 unspecified atom stereocenters. The Hall–Kier alpha value is -0.860. The summed E-state index contributed by atoms with van der Waals surface area (Å²) >= 11 is 0. The maximum absolute atomic E-state index is 3.88. The smallest absolute Gasteiger partial charge is 0.0850 e. The van der Waals surface area contributed by atoms with Gasteiger partial charge in [0.15, 0.2) is 0 Å². The lowest BCUT2D eigenvalue weighted by atomic mass is 10.2. The fourth-order valence-electron chi connectivity index (χ4n) is 0.489. The number of hydrogen-bond donors (Lipinski definition) is 1. The lowest BCUT2D eigenvalue weighted by Crippen LogP contribution is -1.85. The first-order chi connectivity index (χ1) is 4.80. The van der Waals surface area contributed by atoms with Gasteiger partial charge in [0.25, 0.3) is 0 Å². The summed E-state index contributed by atoms with van der Waals surface area (Å²) in [6.07, 6.45) is 1.74. The van der Waals surface area contributed by atoms with Crippen molar-refractivity contribution in [3.05, 3.63) is 11.9 Å². The van der Waals surface area contributed by atoms with Gasteiger partial charge in [0.05, 0.1) is 11.9 Å². The molecule has 0 bridgehead atoms. The maximum Gasteiger partial charge on any atom is 0.0850 e. The van der Waals surface area contributed by atoms with E-state index >= 15 is 0 Å². The van der Waals surface area contributed by atoms with Crippen LogP contribution in [0, 0.1) is 0 Å². The van der Waals surface area contributed by atoms with E-state index in [1.807, 2.05) is 13.8 Å². The van der Waals surface area contributed by atoms with Gasteiger partial charge in [0, 0.05) is 0 Å². The second-order valence-electron chi connectivity index (χ2n) is 2.05. The molecule has 0 atom stereocenters. The number of rotatable bonds is 1. The lowest BCUT2D eigenvalue weighted by molar-refractivity contribution is 0.804. The van der Waals surface area contributed by atoms with Gasteiger partial charge < -0.3 is 0 Å². The SMILES string of the molecule is CC.CC(C)c1cn[nH]n1. The van der Waals surface area contributed by atoms with Crippen LogP contribution in [-0.2, 0) is 0 Å². The van der Waals surface area contributed by atoms with Gasteiger partial charge in [-0.2, -0.15) is 15.4 Å². The summed E-state index contributed by atoms with van der Waals surface area (Å²) < 4.78 is 0. The third-order valence-corrected chi connectivity index (χ3v) is 1.03. The molecule has 0 saturated carbocycles. The highest BCUT2D eigenvalue weighted by Crippen LogP contribution is 2.06. The number of hydrogen-bond acceptors (Lipinski definition) is 2. The molecule has 1 aromatic heterocycles. The van der Waals surface area contributed by atoms with Crippen molar-refractivity contribution in [2.45, 2.75) is 33.6 Å². The molecule has 0 aliphatic heterocycles. The highest BCUT2D eigenvalue weighted by Gasteiger charge is 1.98. The largest absolute Gasteiger partial charge is 0.198 e. The second-order valence-corrected chi connectivity index (χ2v) is 2.05. The monoisotopic (exact) mass is 141 g/mol. The van der Waals surface area contributed by atoms with Crippen molar-refractivity contribution < 1.29 is 0 Å². The molecule has 0 radical (unpaired) electrons. The van der Waals surface area contributed by atoms with Crippen molar-refractivity contribution in [3.8, 4) is 0 Å². The molecule has 1 N–H and O–H groups in total. The van der Waals surface area contributed by atoms with Gasteiger partial charge in [-0.15, -0.1) is 0 Å². The van der Waals surface area contributed by atoms with Crippen LogP contribution in [0.3, 0.4) is 0 Å². The Labute approximate surface area is 61.8 Å². The molecule has 0 fully saturated rings. The van der Waals surface area contributed by atoms with E-state index in [0.29, 0.717) is 5.92 Å². The fraction of sp³-hybridized carbons (Fsp3) is 0.714. The number of nitrogens with zero attached hydrogens (tertiary/aromatic N) is 2. The molecule has 10 heavy (non-hydrogen) atoms.